The number of carbonyl (C=O) groups excluding carboxylic acids is 2. The lowest BCUT2D eigenvalue weighted by Gasteiger charge is -2.12. The predicted molar refractivity (Wildman–Crippen MR) is 145 cm³/mol. The molecule has 0 bridgehead atoms. The van der Waals surface area contributed by atoms with Gasteiger partial charge in [0.15, 0.2) is 18.1 Å². The second-order valence-corrected chi connectivity index (χ2v) is 8.27. The van der Waals surface area contributed by atoms with E-state index in [1.54, 1.807) is 66.7 Å². The van der Waals surface area contributed by atoms with E-state index in [-0.39, 0.29) is 17.5 Å². The van der Waals surface area contributed by atoms with Crippen molar-refractivity contribution in [3.63, 3.8) is 0 Å². The molecule has 0 aliphatic carbocycles. The monoisotopic (exact) mass is 541 g/mol. The lowest BCUT2D eigenvalue weighted by Crippen LogP contribution is -2.20. The zero-order chi connectivity index (χ0) is 26.6. The predicted octanol–water partition coefficient (Wildman–Crippen LogP) is 5.74. The molecule has 3 aromatic rings. The molecule has 0 aromatic heterocycles. The smallest absolute Gasteiger partial charge is 0.271 e. The highest BCUT2D eigenvalue weighted by atomic mass is 35.5. The van der Waals surface area contributed by atoms with Crippen LogP contribution in [-0.2, 0) is 4.79 Å². The van der Waals surface area contributed by atoms with Crippen LogP contribution < -0.4 is 25.0 Å². The molecule has 2 amide bonds. The summed E-state index contributed by atoms with van der Waals surface area (Å²) < 4.78 is 16.6. The van der Waals surface area contributed by atoms with Crippen LogP contribution in [-0.4, -0.2) is 37.8 Å². The molecule has 0 saturated carbocycles. The maximum Gasteiger partial charge on any atom is 0.271 e. The molecule has 3 rings (SSSR count). The zero-order valence-electron chi connectivity index (χ0n) is 20.0. The summed E-state index contributed by atoms with van der Waals surface area (Å²) in [7, 11) is 0. The molecule has 0 fully saturated rings. The number of ether oxygens (including phenoxy) is 3. The van der Waals surface area contributed by atoms with Crippen molar-refractivity contribution in [3.05, 3.63) is 94.5 Å². The summed E-state index contributed by atoms with van der Waals surface area (Å²) in [4.78, 5) is 24.6. The van der Waals surface area contributed by atoms with Gasteiger partial charge in [-0.3, -0.25) is 9.59 Å². The highest BCUT2D eigenvalue weighted by Crippen LogP contribution is 2.29. The molecule has 0 atom stereocenters. The zero-order valence-corrected chi connectivity index (χ0v) is 21.5. The van der Waals surface area contributed by atoms with E-state index in [0.717, 1.165) is 0 Å². The molecule has 3 aromatic carbocycles. The molecule has 0 heterocycles. The SMILES string of the molecule is C=CCOc1ccc(C(=O)N/N=C/c2ccc(OCC(=O)Nc3ccc(Cl)cc3)c(Cl)c2)cc1OCC. The Morgan fingerprint density at radius 3 is 2.41 bits per heavy atom. The van der Waals surface area contributed by atoms with Gasteiger partial charge in [0.2, 0.25) is 0 Å². The number of hydrogen-bond acceptors (Lipinski definition) is 6. The van der Waals surface area contributed by atoms with Crippen LogP contribution in [0, 0.1) is 0 Å². The number of anilines is 1. The van der Waals surface area contributed by atoms with Crippen LogP contribution in [0.2, 0.25) is 10.0 Å². The molecule has 0 unspecified atom stereocenters. The van der Waals surface area contributed by atoms with E-state index in [0.29, 0.717) is 52.3 Å². The van der Waals surface area contributed by atoms with E-state index < -0.39 is 5.91 Å². The van der Waals surface area contributed by atoms with Gasteiger partial charge in [-0.05, 0) is 73.2 Å². The number of hydrazone groups is 1. The Balaban J connectivity index is 1.54. The number of nitrogens with one attached hydrogen (secondary N) is 2. The van der Waals surface area contributed by atoms with Gasteiger partial charge in [0.25, 0.3) is 11.8 Å². The molecule has 8 nitrogen and oxygen atoms in total. The van der Waals surface area contributed by atoms with E-state index in [1.165, 1.54) is 6.21 Å². The van der Waals surface area contributed by atoms with Crippen molar-refractivity contribution in [2.24, 2.45) is 5.10 Å². The molecule has 0 aliphatic heterocycles. The lowest BCUT2D eigenvalue weighted by molar-refractivity contribution is -0.118. The van der Waals surface area contributed by atoms with Crippen molar-refractivity contribution >= 4 is 46.9 Å². The topological polar surface area (TPSA) is 98.3 Å². The van der Waals surface area contributed by atoms with E-state index in [1.807, 2.05) is 6.92 Å². The van der Waals surface area contributed by atoms with Gasteiger partial charge >= 0.3 is 0 Å². The first-order valence-electron chi connectivity index (χ1n) is 11.2. The molecule has 2 N–H and O–H groups in total. The first-order valence-corrected chi connectivity index (χ1v) is 12.0. The third-order valence-corrected chi connectivity index (χ3v) is 5.23. The Morgan fingerprint density at radius 2 is 1.70 bits per heavy atom. The van der Waals surface area contributed by atoms with Crippen molar-refractivity contribution in [2.75, 3.05) is 25.1 Å². The Morgan fingerprint density at radius 1 is 0.946 bits per heavy atom. The minimum atomic E-state index is -0.426. The maximum atomic E-state index is 12.5. The number of carbonyl (C=O) groups is 2. The quantitative estimate of drug-likeness (QED) is 0.173. The molecule has 192 valence electrons. The largest absolute Gasteiger partial charge is 0.490 e. The molecule has 0 spiro atoms. The minimum Gasteiger partial charge on any atom is -0.490 e. The number of rotatable bonds is 12. The molecular weight excluding hydrogens is 517 g/mol. The first-order chi connectivity index (χ1) is 17.9. The number of amides is 2. The van der Waals surface area contributed by atoms with Crippen LogP contribution in [0.15, 0.2) is 78.4 Å². The Bertz CT molecular complexity index is 1280. The second kappa shape index (κ2) is 13.9. The third-order valence-electron chi connectivity index (χ3n) is 4.68. The average molecular weight is 542 g/mol. The van der Waals surface area contributed by atoms with Crippen molar-refractivity contribution < 1.29 is 23.8 Å². The van der Waals surface area contributed by atoms with Crippen LogP contribution in [0.25, 0.3) is 0 Å². The van der Waals surface area contributed by atoms with Gasteiger partial charge < -0.3 is 19.5 Å². The maximum absolute atomic E-state index is 12.5. The summed E-state index contributed by atoms with van der Waals surface area (Å²) in [5.74, 6) is 0.521. The van der Waals surface area contributed by atoms with E-state index in [9.17, 15) is 9.59 Å². The van der Waals surface area contributed by atoms with Gasteiger partial charge in [0.05, 0.1) is 17.8 Å². The third kappa shape index (κ3) is 8.56. The second-order valence-electron chi connectivity index (χ2n) is 7.43. The van der Waals surface area contributed by atoms with Crippen LogP contribution in [0.4, 0.5) is 5.69 Å². The van der Waals surface area contributed by atoms with Gasteiger partial charge in [-0.15, -0.1) is 0 Å². The van der Waals surface area contributed by atoms with Crippen LogP contribution in [0.5, 0.6) is 17.2 Å². The van der Waals surface area contributed by atoms with Gasteiger partial charge in [0, 0.05) is 16.3 Å². The van der Waals surface area contributed by atoms with Crippen molar-refractivity contribution in [1.29, 1.82) is 0 Å². The number of halogens is 2. The number of hydrogen-bond donors (Lipinski definition) is 2. The highest BCUT2D eigenvalue weighted by Gasteiger charge is 2.11. The fourth-order valence-electron chi connectivity index (χ4n) is 3.00. The molecule has 37 heavy (non-hydrogen) atoms. The Labute approximate surface area is 224 Å². The van der Waals surface area contributed by atoms with E-state index >= 15 is 0 Å². The molecule has 0 saturated heterocycles. The van der Waals surface area contributed by atoms with Crippen molar-refractivity contribution in [2.45, 2.75) is 6.92 Å². The van der Waals surface area contributed by atoms with Crippen molar-refractivity contribution in [1.82, 2.24) is 5.43 Å². The van der Waals surface area contributed by atoms with Gasteiger partial charge in [-0.2, -0.15) is 5.10 Å². The first kappa shape index (κ1) is 27.6. The fourth-order valence-corrected chi connectivity index (χ4v) is 3.37. The minimum absolute atomic E-state index is 0.229. The van der Waals surface area contributed by atoms with Crippen molar-refractivity contribution in [3.8, 4) is 17.2 Å². The van der Waals surface area contributed by atoms with Crippen LogP contribution in [0.1, 0.15) is 22.8 Å². The molecule has 0 aliphatic rings. The van der Waals surface area contributed by atoms with E-state index in [2.05, 4.69) is 22.4 Å². The fraction of sp³-hybridized carbons (Fsp3) is 0.148. The summed E-state index contributed by atoms with van der Waals surface area (Å²) in [6.07, 6.45) is 3.06. The molecule has 0 radical (unpaired) electrons. The van der Waals surface area contributed by atoms with Crippen LogP contribution >= 0.6 is 23.2 Å². The van der Waals surface area contributed by atoms with Gasteiger partial charge in [0.1, 0.15) is 12.4 Å². The normalized spacial score (nSPS) is 10.6. The van der Waals surface area contributed by atoms with Crippen LogP contribution in [0.3, 0.4) is 0 Å². The molecule has 10 heteroatoms. The van der Waals surface area contributed by atoms with Gasteiger partial charge in [-0.25, -0.2) is 5.43 Å². The Kier molecular flexibility index (Phi) is 10.4. The summed E-state index contributed by atoms with van der Waals surface area (Å²) in [5, 5.41) is 7.54. The average Bonchev–Trinajstić information content (AvgIpc) is 2.89. The lowest BCUT2D eigenvalue weighted by atomic mass is 10.2. The number of benzene rings is 3. The number of nitrogens with zero attached hydrogens (tertiary/aromatic N) is 1. The standard InChI is InChI=1S/C27H25Cl2N3O5/c1-3-13-36-24-12-6-19(15-25(24)35-4-2)27(34)32-30-16-18-5-11-23(22(29)14-18)37-17-26(33)31-21-9-7-20(28)8-10-21/h3,5-12,14-16H,1,4,13,17H2,2H3,(H,31,33)(H,32,34)/b30-16+. The van der Waals surface area contributed by atoms with Gasteiger partial charge in [-0.1, -0.05) is 35.9 Å². The molecular formula is C27H25Cl2N3O5. The summed E-state index contributed by atoms with van der Waals surface area (Å²) in [6, 6.07) is 16.5. The summed E-state index contributed by atoms with van der Waals surface area (Å²) in [6.45, 7) is 5.96. The highest BCUT2D eigenvalue weighted by molar-refractivity contribution is 6.32. The Hall–Kier alpha value is -4.01. The summed E-state index contributed by atoms with van der Waals surface area (Å²) >= 11 is 12.1. The van der Waals surface area contributed by atoms with E-state index in [4.69, 9.17) is 37.4 Å². The summed E-state index contributed by atoms with van der Waals surface area (Å²) in [5.41, 5.74) is 4.03.